The molecule has 0 aromatic carbocycles. The number of halogens is 3. The van der Waals surface area contributed by atoms with Gasteiger partial charge >= 0.3 is 6.18 Å². The highest BCUT2D eigenvalue weighted by Gasteiger charge is 2.43. The fourth-order valence-electron chi connectivity index (χ4n) is 0.840. The van der Waals surface area contributed by atoms with Crippen LogP contribution in [-0.4, -0.2) is 24.5 Å². The summed E-state index contributed by atoms with van der Waals surface area (Å²) in [6, 6.07) is -1.61. The number of carbonyl (C=O) groups excluding carboxylic acids is 1. The van der Waals surface area contributed by atoms with Crippen LogP contribution in [0.25, 0.3) is 0 Å². The van der Waals surface area contributed by atoms with E-state index in [1.807, 2.05) is 0 Å². The fourth-order valence-corrected chi connectivity index (χ4v) is 0.840. The average Bonchev–Trinajstić information content (AvgIpc) is 2.11. The Balaban J connectivity index is 2.53. The maximum absolute atomic E-state index is 11.7. The third-order valence-corrected chi connectivity index (χ3v) is 1.37. The summed E-state index contributed by atoms with van der Waals surface area (Å²) in [5, 5.41) is 2.07. The first-order valence-electron chi connectivity index (χ1n) is 2.82. The molecule has 1 N–H and O–H groups in total. The minimum absolute atomic E-state index is 0.149. The number of alkyl halides is 3. The number of ketones is 1. The van der Waals surface area contributed by atoms with Crippen LogP contribution in [0.4, 0.5) is 13.2 Å². The predicted molar refractivity (Wildman–Crippen MR) is 27.5 cm³/mol. The van der Waals surface area contributed by atoms with Crippen molar-refractivity contribution in [3.63, 3.8) is 0 Å². The van der Waals surface area contributed by atoms with Gasteiger partial charge in [0.15, 0.2) is 0 Å². The molecule has 1 aliphatic heterocycles. The van der Waals surface area contributed by atoms with Gasteiger partial charge in [-0.25, -0.2) is 0 Å². The lowest BCUT2D eigenvalue weighted by molar-refractivity contribution is -0.153. The van der Waals surface area contributed by atoms with Crippen molar-refractivity contribution in [2.24, 2.45) is 0 Å². The van der Waals surface area contributed by atoms with Gasteiger partial charge in [0.1, 0.15) is 11.8 Å². The van der Waals surface area contributed by atoms with Crippen molar-refractivity contribution in [2.45, 2.75) is 18.6 Å². The molecule has 1 atom stereocenters. The summed E-state index contributed by atoms with van der Waals surface area (Å²) in [5.74, 6) is -0.373. The van der Waals surface area contributed by atoms with Crippen molar-refractivity contribution in [2.75, 3.05) is 6.54 Å². The highest BCUT2D eigenvalue weighted by molar-refractivity contribution is 5.83. The molecule has 1 heterocycles. The zero-order valence-corrected chi connectivity index (χ0v) is 5.03. The van der Waals surface area contributed by atoms with E-state index in [-0.39, 0.29) is 12.3 Å². The summed E-state index contributed by atoms with van der Waals surface area (Å²) in [6.45, 7) is -0.149. The maximum Gasteiger partial charge on any atom is 0.404 e. The summed E-state index contributed by atoms with van der Waals surface area (Å²) in [6.07, 6.45) is -4.68. The van der Waals surface area contributed by atoms with Gasteiger partial charge in [-0.1, -0.05) is 0 Å². The van der Waals surface area contributed by atoms with Crippen LogP contribution >= 0.6 is 0 Å². The molecule has 0 aromatic heterocycles. The first kappa shape index (κ1) is 7.53. The summed E-state index contributed by atoms with van der Waals surface area (Å²) in [4.78, 5) is 10.3. The van der Waals surface area contributed by atoms with Crippen molar-refractivity contribution in [3.8, 4) is 0 Å². The molecule has 1 rings (SSSR count). The van der Waals surface area contributed by atoms with Crippen LogP contribution in [0.5, 0.6) is 0 Å². The van der Waals surface area contributed by atoms with Gasteiger partial charge in [0.05, 0.1) is 6.54 Å². The van der Waals surface area contributed by atoms with Crippen molar-refractivity contribution in [1.29, 1.82) is 0 Å². The summed E-state index contributed by atoms with van der Waals surface area (Å²) in [5.41, 5.74) is 0. The largest absolute Gasteiger partial charge is 0.404 e. The molecule has 0 amide bonds. The molecule has 58 valence electrons. The molecule has 10 heavy (non-hydrogen) atoms. The van der Waals surface area contributed by atoms with Crippen LogP contribution in [0, 0.1) is 0 Å². The number of rotatable bonds is 0. The third kappa shape index (κ3) is 1.47. The molecule has 0 bridgehead atoms. The Hall–Kier alpha value is -0.580. The lowest BCUT2D eigenvalue weighted by Gasteiger charge is -2.12. The lowest BCUT2D eigenvalue weighted by atomic mass is 10.2. The van der Waals surface area contributed by atoms with Gasteiger partial charge < -0.3 is 0 Å². The average molecular weight is 153 g/mol. The fraction of sp³-hybridized carbons (Fsp3) is 0.800. The van der Waals surface area contributed by atoms with Gasteiger partial charge in [-0.05, 0) is 0 Å². The maximum atomic E-state index is 11.7. The van der Waals surface area contributed by atoms with Crippen molar-refractivity contribution in [3.05, 3.63) is 0 Å². The van der Waals surface area contributed by atoms with E-state index in [4.69, 9.17) is 0 Å². The van der Waals surface area contributed by atoms with Crippen molar-refractivity contribution >= 4 is 5.78 Å². The van der Waals surface area contributed by atoms with Gasteiger partial charge in [-0.15, -0.1) is 0 Å². The smallest absolute Gasteiger partial charge is 0.299 e. The molecule has 2 nitrogen and oxygen atoms in total. The number of nitrogens with one attached hydrogen (secondary N) is 1. The van der Waals surface area contributed by atoms with Gasteiger partial charge in [0.25, 0.3) is 0 Å². The van der Waals surface area contributed by atoms with Crippen molar-refractivity contribution in [1.82, 2.24) is 5.32 Å². The Morgan fingerprint density at radius 2 is 2.10 bits per heavy atom. The molecule has 1 aliphatic rings. The molecule has 0 saturated carbocycles. The number of Topliss-reactive ketones (excluding diaryl/α,β-unsaturated/α-hetero) is 1. The zero-order chi connectivity index (χ0) is 7.78. The standard InChI is InChI=1S/C5H6F3NO/c6-5(7,8)4-1-3(10)2-9-4/h4,9H,1-2H2. The molecule has 1 unspecified atom stereocenters. The molecule has 0 aliphatic carbocycles. The zero-order valence-electron chi connectivity index (χ0n) is 5.03. The topological polar surface area (TPSA) is 29.1 Å². The summed E-state index contributed by atoms with van der Waals surface area (Å²) in [7, 11) is 0. The monoisotopic (exact) mass is 153 g/mol. The molecule has 1 fully saturated rings. The van der Waals surface area contributed by atoms with Gasteiger partial charge in [-0.2, -0.15) is 13.2 Å². The Morgan fingerprint density at radius 1 is 1.50 bits per heavy atom. The molecular weight excluding hydrogens is 147 g/mol. The lowest BCUT2D eigenvalue weighted by Crippen LogP contribution is -2.36. The first-order chi connectivity index (χ1) is 4.50. The van der Waals surface area contributed by atoms with Gasteiger partial charge in [0, 0.05) is 6.42 Å². The molecule has 5 heteroatoms. The van der Waals surface area contributed by atoms with E-state index in [9.17, 15) is 18.0 Å². The number of hydrogen-bond donors (Lipinski definition) is 1. The van der Waals surface area contributed by atoms with Crippen LogP contribution < -0.4 is 5.32 Å². The van der Waals surface area contributed by atoms with Crippen LogP contribution in [0.15, 0.2) is 0 Å². The Labute approximate surface area is 55.4 Å². The Morgan fingerprint density at radius 3 is 2.30 bits per heavy atom. The normalized spacial score (nSPS) is 27.5. The van der Waals surface area contributed by atoms with Crippen LogP contribution in [0.2, 0.25) is 0 Å². The van der Waals surface area contributed by atoms with Gasteiger partial charge in [0.2, 0.25) is 0 Å². The minimum atomic E-state index is -4.27. The van der Waals surface area contributed by atoms with E-state index >= 15 is 0 Å². The van der Waals surface area contributed by atoms with Gasteiger partial charge in [-0.3, -0.25) is 10.1 Å². The van der Waals surface area contributed by atoms with Crippen LogP contribution in [-0.2, 0) is 4.79 Å². The number of hydrogen-bond acceptors (Lipinski definition) is 2. The Bertz CT molecular complexity index is 153. The number of carbonyl (C=O) groups is 1. The molecule has 0 aromatic rings. The Kier molecular flexibility index (Phi) is 1.68. The second kappa shape index (κ2) is 2.23. The highest BCUT2D eigenvalue weighted by Crippen LogP contribution is 2.24. The van der Waals surface area contributed by atoms with E-state index in [0.29, 0.717) is 0 Å². The molecule has 1 saturated heterocycles. The highest BCUT2D eigenvalue weighted by atomic mass is 19.4. The first-order valence-corrected chi connectivity index (χ1v) is 2.82. The minimum Gasteiger partial charge on any atom is -0.299 e. The summed E-state index contributed by atoms with van der Waals surface area (Å²) < 4.78 is 35.2. The van der Waals surface area contributed by atoms with Crippen LogP contribution in [0.3, 0.4) is 0 Å². The van der Waals surface area contributed by atoms with E-state index < -0.39 is 18.6 Å². The second-order valence-electron chi connectivity index (χ2n) is 2.22. The second-order valence-corrected chi connectivity index (χ2v) is 2.22. The molecule has 0 radical (unpaired) electrons. The van der Waals surface area contributed by atoms with E-state index in [1.54, 1.807) is 0 Å². The SMILES string of the molecule is O=C1CNC(C(F)(F)F)C1. The summed E-state index contributed by atoms with van der Waals surface area (Å²) >= 11 is 0. The molecule has 0 spiro atoms. The van der Waals surface area contributed by atoms with Crippen molar-refractivity contribution < 1.29 is 18.0 Å². The van der Waals surface area contributed by atoms with E-state index in [2.05, 4.69) is 5.32 Å². The van der Waals surface area contributed by atoms with E-state index in [0.717, 1.165) is 0 Å². The van der Waals surface area contributed by atoms with Crippen LogP contribution in [0.1, 0.15) is 6.42 Å². The predicted octanol–water partition coefficient (Wildman–Crippen LogP) is 0.480. The molecular formula is C5H6F3NO. The van der Waals surface area contributed by atoms with E-state index in [1.165, 1.54) is 0 Å². The third-order valence-electron chi connectivity index (χ3n) is 1.37. The quantitative estimate of drug-likeness (QED) is 0.548.